The van der Waals surface area contributed by atoms with Gasteiger partial charge in [-0.25, -0.2) is 0 Å². The molecule has 0 bridgehead atoms. The van der Waals surface area contributed by atoms with Gasteiger partial charge in [0.1, 0.15) is 0 Å². The zero-order chi connectivity index (χ0) is 14.4. The quantitative estimate of drug-likeness (QED) is 0.832. The second-order valence-corrected chi connectivity index (χ2v) is 6.24. The summed E-state index contributed by atoms with van der Waals surface area (Å²) in [7, 11) is 0. The molecule has 0 radical (unpaired) electrons. The summed E-state index contributed by atoms with van der Waals surface area (Å²) in [5.74, 6) is 0.0464. The van der Waals surface area contributed by atoms with Crippen LogP contribution in [0, 0.1) is 5.92 Å². The van der Waals surface area contributed by atoms with Gasteiger partial charge in [0.2, 0.25) is 0 Å². The molecule has 2 atom stereocenters. The SMILES string of the molecule is CCOC(=O)C1CCCC(NCc2cccc(Br)c2)C1. The standard InChI is InChI=1S/C16H22BrNO2/c1-2-20-16(19)13-6-4-8-15(10-13)18-11-12-5-3-7-14(17)9-12/h3,5,7,9,13,15,18H,2,4,6,8,10-11H2,1H3. The number of esters is 1. The molecule has 3 nitrogen and oxygen atoms in total. The van der Waals surface area contributed by atoms with Gasteiger partial charge in [-0.1, -0.05) is 34.5 Å². The Morgan fingerprint density at radius 3 is 3.05 bits per heavy atom. The van der Waals surface area contributed by atoms with Gasteiger partial charge < -0.3 is 10.1 Å². The predicted octanol–water partition coefficient (Wildman–Crippen LogP) is 3.66. The van der Waals surface area contributed by atoms with Crippen LogP contribution in [0.1, 0.15) is 38.2 Å². The predicted molar refractivity (Wildman–Crippen MR) is 83.4 cm³/mol. The first-order valence-electron chi connectivity index (χ1n) is 7.33. The van der Waals surface area contributed by atoms with Gasteiger partial charge in [0.15, 0.2) is 0 Å². The Labute approximate surface area is 129 Å². The molecule has 0 spiro atoms. The maximum Gasteiger partial charge on any atom is 0.308 e. The van der Waals surface area contributed by atoms with E-state index in [1.807, 2.05) is 19.1 Å². The molecule has 1 fully saturated rings. The lowest BCUT2D eigenvalue weighted by atomic mass is 9.85. The average Bonchev–Trinajstić information content (AvgIpc) is 2.46. The van der Waals surface area contributed by atoms with Gasteiger partial charge in [-0.15, -0.1) is 0 Å². The average molecular weight is 340 g/mol. The molecule has 4 heteroatoms. The van der Waals surface area contributed by atoms with E-state index in [-0.39, 0.29) is 11.9 Å². The zero-order valence-electron chi connectivity index (χ0n) is 11.9. The molecule has 20 heavy (non-hydrogen) atoms. The van der Waals surface area contributed by atoms with Gasteiger partial charge >= 0.3 is 5.97 Å². The molecule has 1 aliphatic rings. The van der Waals surface area contributed by atoms with Crippen molar-refractivity contribution in [3.63, 3.8) is 0 Å². The molecule has 0 heterocycles. The topological polar surface area (TPSA) is 38.3 Å². The summed E-state index contributed by atoms with van der Waals surface area (Å²) in [5, 5.41) is 3.56. The molecule has 0 aromatic heterocycles. The maximum atomic E-state index is 11.8. The third kappa shape index (κ3) is 4.60. The van der Waals surface area contributed by atoms with Crippen LogP contribution in [-0.4, -0.2) is 18.6 Å². The molecule has 110 valence electrons. The van der Waals surface area contributed by atoms with Gasteiger partial charge in [0.25, 0.3) is 0 Å². The molecule has 2 unspecified atom stereocenters. The minimum Gasteiger partial charge on any atom is -0.466 e. The van der Waals surface area contributed by atoms with E-state index in [1.54, 1.807) is 0 Å². The highest BCUT2D eigenvalue weighted by Gasteiger charge is 2.27. The molecule has 1 saturated carbocycles. The lowest BCUT2D eigenvalue weighted by molar-refractivity contribution is -0.149. The van der Waals surface area contributed by atoms with Crippen LogP contribution in [0.3, 0.4) is 0 Å². The summed E-state index contributed by atoms with van der Waals surface area (Å²) in [6, 6.07) is 8.73. The summed E-state index contributed by atoms with van der Waals surface area (Å²) < 4.78 is 6.24. The van der Waals surface area contributed by atoms with Crippen LogP contribution < -0.4 is 5.32 Å². The summed E-state index contributed by atoms with van der Waals surface area (Å²) in [6.45, 7) is 3.19. The van der Waals surface area contributed by atoms with Crippen molar-refractivity contribution in [1.82, 2.24) is 5.32 Å². The molecule has 1 aromatic carbocycles. The van der Waals surface area contributed by atoms with Gasteiger partial charge in [0, 0.05) is 17.1 Å². The number of benzene rings is 1. The largest absolute Gasteiger partial charge is 0.466 e. The van der Waals surface area contributed by atoms with Gasteiger partial charge in [-0.05, 0) is 43.9 Å². The van der Waals surface area contributed by atoms with Crippen molar-refractivity contribution in [2.24, 2.45) is 5.92 Å². The van der Waals surface area contributed by atoms with Gasteiger partial charge in [-0.2, -0.15) is 0 Å². The molecule has 1 aromatic rings. The minimum absolute atomic E-state index is 0.0264. The van der Waals surface area contributed by atoms with Gasteiger partial charge in [0.05, 0.1) is 12.5 Å². The van der Waals surface area contributed by atoms with Crippen molar-refractivity contribution in [2.75, 3.05) is 6.61 Å². The molecule has 0 saturated heterocycles. The number of carbonyl (C=O) groups excluding carboxylic acids is 1. The lowest BCUT2D eigenvalue weighted by Gasteiger charge is -2.28. The maximum absolute atomic E-state index is 11.8. The van der Waals surface area contributed by atoms with Crippen LogP contribution in [0.4, 0.5) is 0 Å². The summed E-state index contributed by atoms with van der Waals surface area (Å²) in [6.07, 6.45) is 4.10. The van der Waals surface area contributed by atoms with Crippen molar-refractivity contribution in [1.29, 1.82) is 0 Å². The van der Waals surface area contributed by atoms with E-state index in [9.17, 15) is 4.79 Å². The highest BCUT2D eigenvalue weighted by atomic mass is 79.9. The van der Waals surface area contributed by atoms with E-state index >= 15 is 0 Å². The van der Waals surface area contributed by atoms with Crippen LogP contribution in [0.5, 0.6) is 0 Å². The molecular formula is C16H22BrNO2. The number of hydrogen-bond acceptors (Lipinski definition) is 3. The third-order valence-electron chi connectivity index (χ3n) is 3.78. The van der Waals surface area contributed by atoms with Crippen molar-refractivity contribution in [3.05, 3.63) is 34.3 Å². The number of hydrogen-bond donors (Lipinski definition) is 1. The Morgan fingerprint density at radius 1 is 1.45 bits per heavy atom. The Kier molecular flexibility index (Phi) is 6.05. The number of rotatable bonds is 5. The fourth-order valence-corrected chi connectivity index (χ4v) is 3.21. The second kappa shape index (κ2) is 7.79. The van der Waals surface area contributed by atoms with Crippen LogP contribution in [-0.2, 0) is 16.1 Å². The number of halogens is 1. The number of nitrogens with one attached hydrogen (secondary N) is 1. The molecule has 0 amide bonds. The van der Waals surface area contributed by atoms with Gasteiger partial charge in [-0.3, -0.25) is 4.79 Å². The van der Waals surface area contributed by atoms with Crippen molar-refractivity contribution < 1.29 is 9.53 Å². The minimum atomic E-state index is -0.0264. The Bertz CT molecular complexity index is 450. The van der Waals surface area contributed by atoms with Crippen LogP contribution in [0.25, 0.3) is 0 Å². The smallest absolute Gasteiger partial charge is 0.308 e. The normalized spacial score (nSPS) is 22.5. The Balaban J connectivity index is 1.82. The molecule has 1 N–H and O–H groups in total. The van der Waals surface area contributed by atoms with Crippen LogP contribution in [0.15, 0.2) is 28.7 Å². The first-order chi connectivity index (χ1) is 9.69. The van der Waals surface area contributed by atoms with Crippen molar-refractivity contribution in [2.45, 2.75) is 45.2 Å². The van der Waals surface area contributed by atoms with Crippen molar-refractivity contribution >= 4 is 21.9 Å². The van der Waals surface area contributed by atoms with Crippen LogP contribution in [0.2, 0.25) is 0 Å². The number of ether oxygens (including phenoxy) is 1. The summed E-state index contributed by atoms with van der Waals surface area (Å²) >= 11 is 3.49. The van der Waals surface area contributed by atoms with E-state index in [4.69, 9.17) is 4.74 Å². The number of carbonyl (C=O) groups is 1. The van der Waals surface area contributed by atoms with E-state index in [2.05, 4.69) is 33.4 Å². The van der Waals surface area contributed by atoms with E-state index in [0.717, 1.165) is 36.7 Å². The Morgan fingerprint density at radius 2 is 2.30 bits per heavy atom. The third-order valence-corrected chi connectivity index (χ3v) is 4.27. The Hall–Kier alpha value is -0.870. The monoisotopic (exact) mass is 339 g/mol. The first kappa shape index (κ1) is 15.5. The fraction of sp³-hybridized carbons (Fsp3) is 0.562. The second-order valence-electron chi connectivity index (χ2n) is 5.32. The molecular weight excluding hydrogens is 318 g/mol. The fourth-order valence-electron chi connectivity index (χ4n) is 2.76. The molecule has 0 aliphatic heterocycles. The summed E-state index contributed by atoms with van der Waals surface area (Å²) in [4.78, 5) is 11.8. The van der Waals surface area contributed by atoms with E-state index in [1.165, 1.54) is 5.56 Å². The van der Waals surface area contributed by atoms with E-state index < -0.39 is 0 Å². The zero-order valence-corrected chi connectivity index (χ0v) is 13.5. The lowest BCUT2D eigenvalue weighted by Crippen LogP contribution is -2.36. The van der Waals surface area contributed by atoms with E-state index in [0.29, 0.717) is 12.6 Å². The first-order valence-corrected chi connectivity index (χ1v) is 8.12. The molecule has 1 aliphatic carbocycles. The van der Waals surface area contributed by atoms with Crippen LogP contribution >= 0.6 is 15.9 Å². The molecule has 2 rings (SSSR count). The highest BCUT2D eigenvalue weighted by Crippen LogP contribution is 2.25. The highest BCUT2D eigenvalue weighted by molar-refractivity contribution is 9.10. The summed E-state index contributed by atoms with van der Waals surface area (Å²) in [5.41, 5.74) is 1.26. The van der Waals surface area contributed by atoms with Crippen molar-refractivity contribution in [3.8, 4) is 0 Å².